The Bertz CT molecular complexity index is 998. The lowest BCUT2D eigenvalue weighted by Gasteiger charge is -2.16. The molecule has 0 amide bonds. The number of methoxy groups -OCH3 is 1. The van der Waals surface area contributed by atoms with Gasteiger partial charge in [-0.05, 0) is 53.9 Å². The molecule has 4 nitrogen and oxygen atoms in total. The van der Waals surface area contributed by atoms with Crippen molar-refractivity contribution in [3.8, 4) is 5.75 Å². The minimum atomic E-state index is -3.89. The van der Waals surface area contributed by atoms with Gasteiger partial charge in [-0.25, -0.2) is 17.5 Å². The summed E-state index contributed by atoms with van der Waals surface area (Å²) in [6.45, 7) is 1.79. The number of hydrogen-bond acceptors (Lipinski definition) is 4. The largest absolute Gasteiger partial charge is 0.495 e. The maximum atomic E-state index is 13.5. The Morgan fingerprint density at radius 1 is 1.24 bits per heavy atom. The molecule has 1 heterocycles. The van der Waals surface area contributed by atoms with Crippen molar-refractivity contribution in [3.63, 3.8) is 0 Å². The Morgan fingerprint density at radius 3 is 2.76 bits per heavy atom. The molecule has 2 aromatic carbocycles. The van der Waals surface area contributed by atoms with E-state index in [0.717, 1.165) is 17.0 Å². The van der Waals surface area contributed by atoms with Crippen LogP contribution in [0.25, 0.3) is 10.1 Å². The van der Waals surface area contributed by atoms with Crippen molar-refractivity contribution in [2.45, 2.75) is 24.3 Å². The van der Waals surface area contributed by atoms with Crippen LogP contribution < -0.4 is 9.46 Å². The van der Waals surface area contributed by atoms with E-state index in [-0.39, 0.29) is 16.7 Å². The first kappa shape index (κ1) is 17.8. The molecule has 0 saturated carbocycles. The van der Waals surface area contributed by atoms with E-state index in [2.05, 4.69) is 4.72 Å². The second kappa shape index (κ2) is 7.11. The molecule has 0 fully saturated rings. The lowest BCUT2D eigenvalue weighted by atomic mass is 10.1. The molecule has 25 heavy (non-hydrogen) atoms. The van der Waals surface area contributed by atoms with Gasteiger partial charge in [0.25, 0.3) is 0 Å². The average molecular weight is 379 g/mol. The minimum absolute atomic E-state index is 0.113. The van der Waals surface area contributed by atoms with Crippen LogP contribution in [0.5, 0.6) is 5.75 Å². The molecule has 1 N–H and O–H groups in total. The first-order valence-electron chi connectivity index (χ1n) is 7.71. The normalized spacial score (nSPS) is 13.1. The monoisotopic (exact) mass is 379 g/mol. The maximum Gasteiger partial charge on any atom is 0.244 e. The highest BCUT2D eigenvalue weighted by Gasteiger charge is 2.23. The molecule has 0 spiro atoms. The zero-order valence-electron chi connectivity index (χ0n) is 13.8. The molecule has 0 radical (unpaired) electrons. The average Bonchev–Trinajstić information content (AvgIpc) is 2.97. The van der Waals surface area contributed by atoms with Crippen LogP contribution >= 0.6 is 11.3 Å². The van der Waals surface area contributed by atoms with Gasteiger partial charge in [-0.15, -0.1) is 11.3 Å². The summed E-state index contributed by atoms with van der Waals surface area (Å²) in [5, 5.41) is 3.17. The third kappa shape index (κ3) is 3.84. The summed E-state index contributed by atoms with van der Waals surface area (Å²) in [6.07, 6.45) is 0.543. The van der Waals surface area contributed by atoms with Crippen molar-refractivity contribution in [1.82, 2.24) is 4.72 Å². The molecule has 7 heteroatoms. The van der Waals surface area contributed by atoms with Gasteiger partial charge in [-0.1, -0.05) is 18.2 Å². The molecule has 0 aliphatic heterocycles. The Hall–Kier alpha value is -1.96. The summed E-state index contributed by atoms with van der Waals surface area (Å²) in [6, 6.07) is 11.1. The number of nitrogens with one attached hydrogen (secondary N) is 1. The zero-order chi connectivity index (χ0) is 18.0. The lowest BCUT2D eigenvalue weighted by molar-refractivity contribution is 0.400. The predicted octanol–water partition coefficient (Wildman–Crippen LogP) is 3.96. The van der Waals surface area contributed by atoms with Crippen LogP contribution in [0.2, 0.25) is 0 Å². The summed E-state index contributed by atoms with van der Waals surface area (Å²) in [7, 11) is -2.54. The number of ether oxygens (including phenoxy) is 1. The van der Waals surface area contributed by atoms with E-state index in [1.165, 1.54) is 23.9 Å². The highest BCUT2D eigenvalue weighted by atomic mass is 32.2. The molecule has 0 aliphatic rings. The summed E-state index contributed by atoms with van der Waals surface area (Å²) in [5.74, 6) is -0.514. The number of fused-ring (bicyclic) bond motifs is 1. The Balaban J connectivity index is 1.82. The SMILES string of the molecule is COc1ccc(F)cc1S(=O)(=O)NC(C)Cc1csc2ccccc12. The molecule has 3 aromatic rings. The van der Waals surface area contributed by atoms with Crippen LogP contribution in [-0.4, -0.2) is 21.6 Å². The van der Waals surface area contributed by atoms with E-state index in [1.807, 2.05) is 29.6 Å². The fraction of sp³-hybridized carbons (Fsp3) is 0.222. The summed E-state index contributed by atoms with van der Waals surface area (Å²) < 4.78 is 47.5. The van der Waals surface area contributed by atoms with Gasteiger partial charge in [0.1, 0.15) is 16.5 Å². The van der Waals surface area contributed by atoms with Gasteiger partial charge in [0.15, 0.2) is 0 Å². The predicted molar refractivity (Wildman–Crippen MR) is 98.3 cm³/mol. The molecule has 132 valence electrons. The van der Waals surface area contributed by atoms with E-state index >= 15 is 0 Å². The zero-order valence-corrected chi connectivity index (χ0v) is 15.5. The highest BCUT2D eigenvalue weighted by molar-refractivity contribution is 7.89. The number of benzene rings is 2. The maximum absolute atomic E-state index is 13.5. The first-order chi connectivity index (χ1) is 11.9. The molecule has 1 unspecified atom stereocenters. The van der Waals surface area contributed by atoms with Crippen LogP contribution in [0.4, 0.5) is 4.39 Å². The molecule has 3 rings (SSSR count). The summed E-state index contributed by atoms with van der Waals surface area (Å²) >= 11 is 1.63. The smallest absolute Gasteiger partial charge is 0.244 e. The fourth-order valence-electron chi connectivity index (χ4n) is 2.75. The number of thiophene rings is 1. The quantitative estimate of drug-likeness (QED) is 0.705. The van der Waals surface area contributed by atoms with Gasteiger partial charge in [0.2, 0.25) is 10.0 Å². The van der Waals surface area contributed by atoms with Crippen molar-refractivity contribution < 1.29 is 17.5 Å². The van der Waals surface area contributed by atoms with Gasteiger partial charge in [-0.3, -0.25) is 0 Å². The van der Waals surface area contributed by atoms with Gasteiger partial charge < -0.3 is 4.74 Å². The Morgan fingerprint density at radius 2 is 2.00 bits per heavy atom. The van der Waals surface area contributed by atoms with E-state index in [4.69, 9.17) is 4.74 Å². The van der Waals surface area contributed by atoms with Crippen molar-refractivity contribution in [3.05, 3.63) is 59.2 Å². The standard InChI is InChI=1S/C18H18FNO3S2/c1-12(9-13-11-24-17-6-4-3-5-15(13)17)20-25(21,22)18-10-14(19)7-8-16(18)23-2/h3-8,10-12,20H,9H2,1-2H3. The van der Waals surface area contributed by atoms with Crippen LogP contribution in [0.15, 0.2) is 52.7 Å². The van der Waals surface area contributed by atoms with Crippen LogP contribution in [-0.2, 0) is 16.4 Å². The topological polar surface area (TPSA) is 55.4 Å². The van der Waals surface area contributed by atoms with E-state index in [9.17, 15) is 12.8 Å². The van der Waals surface area contributed by atoms with E-state index in [1.54, 1.807) is 18.3 Å². The summed E-state index contributed by atoms with van der Waals surface area (Å²) in [4.78, 5) is -0.197. The highest BCUT2D eigenvalue weighted by Crippen LogP contribution is 2.28. The van der Waals surface area contributed by atoms with Crippen molar-refractivity contribution in [2.75, 3.05) is 7.11 Å². The number of halogens is 1. The first-order valence-corrected chi connectivity index (χ1v) is 10.1. The Labute approximate surface area is 150 Å². The van der Waals surface area contributed by atoms with Gasteiger partial charge in [-0.2, -0.15) is 0 Å². The molecule has 0 aliphatic carbocycles. The van der Waals surface area contributed by atoms with Crippen LogP contribution in [0.3, 0.4) is 0 Å². The second-order valence-electron chi connectivity index (χ2n) is 5.78. The van der Waals surface area contributed by atoms with Crippen molar-refractivity contribution >= 4 is 31.4 Å². The molecular formula is C18H18FNO3S2. The van der Waals surface area contributed by atoms with Crippen LogP contribution in [0, 0.1) is 5.82 Å². The summed E-state index contributed by atoms with van der Waals surface area (Å²) in [5.41, 5.74) is 1.09. The van der Waals surface area contributed by atoms with Gasteiger partial charge in [0, 0.05) is 10.7 Å². The van der Waals surface area contributed by atoms with Gasteiger partial charge in [0.05, 0.1) is 7.11 Å². The lowest BCUT2D eigenvalue weighted by Crippen LogP contribution is -2.34. The number of hydrogen-bond donors (Lipinski definition) is 1. The molecule has 0 bridgehead atoms. The van der Waals surface area contributed by atoms with Crippen molar-refractivity contribution in [2.24, 2.45) is 0 Å². The van der Waals surface area contributed by atoms with E-state index in [0.29, 0.717) is 6.42 Å². The molecule has 0 saturated heterocycles. The third-order valence-corrected chi connectivity index (χ3v) is 6.48. The molecule has 1 aromatic heterocycles. The number of rotatable bonds is 6. The van der Waals surface area contributed by atoms with Crippen molar-refractivity contribution in [1.29, 1.82) is 0 Å². The Kier molecular flexibility index (Phi) is 5.08. The molecular weight excluding hydrogens is 361 g/mol. The number of sulfonamides is 1. The van der Waals surface area contributed by atoms with Crippen LogP contribution in [0.1, 0.15) is 12.5 Å². The second-order valence-corrected chi connectivity index (χ2v) is 8.37. The minimum Gasteiger partial charge on any atom is -0.495 e. The molecule has 1 atom stereocenters. The van der Waals surface area contributed by atoms with Gasteiger partial charge >= 0.3 is 0 Å². The fourth-order valence-corrected chi connectivity index (χ4v) is 5.15. The van der Waals surface area contributed by atoms with E-state index < -0.39 is 15.8 Å². The third-order valence-electron chi connectivity index (χ3n) is 3.86.